The number of halogens is 1. The van der Waals surface area contributed by atoms with E-state index in [2.05, 4.69) is 5.32 Å². The number of fused-ring (bicyclic) bond motifs is 1. The van der Waals surface area contributed by atoms with E-state index in [0.717, 1.165) is 53.2 Å². The Morgan fingerprint density at radius 1 is 1.28 bits per heavy atom. The van der Waals surface area contributed by atoms with Crippen molar-refractivity contribution < 1.29 is 14.0 Å². The van der Waals surface area contributed by atoms with E-state index in [9.17, 15) is 9.18 Å². The normalized spacial score (nSPS) is 20.2. The smallest absolute Gasteiger partial charge is 0.329 e. The molecule has 0 radical (unpaired) electrons. The zero-order valence-electron chi connectivity index (χ0n) is 13.8. The van der Waals surface area contributed by atoms with Crippen LogP contribution in [0.15, 0.2) is 24.3 Å². The first-order valence-electron chi connectivity index (χ1n) is 8.67. The summed E-state index contributed by atoms with van der Waals surface area (Å²) in [5.74, 6) is -0.253. The Kier molecular flexibility index (Phi) is 4.67. The van der Waals surface area contributed by atoms with Crippen molar-refractivity contribution in [1.82, 2.24) is 15.4 Å². The highest BCUT2D eigenvalue weighted by Gasteiger charge is 2.28. The number of rotatable bonds is 2. The van der Waals surface area contributed by atoms with Gasteiger partial charge in [-0.2, -0.15) is 0 Å². The van der Waals surface area contributed by atoms with Crippen molar-refractivity contribution in [3.05, 3.63) is 40.7 Å². The molecule has 1 fully saturated rings. The Labute approximate surface area is 149 Å². The number of aryl methyl sites for hydroxylation is 1. The molecule has 132 valence electrons. The van der Waals surface area contributed by atoms with Crippen molar-refractivity contribution in [2.75, 3.05) is 13.2 Å². The fourth-order valence-corrected chi connectivity index (χ4v) is 4.45. The average molecular weight is 361 g/mol. The summed E-state index contributed by atoms with van der Waals surface area (Å²) in [6.45, 7) is 1.23. The summed E-state index contributed by atoms with van der Waals surface area (Å²) in [6.07, 6.45) is 4.77. The maximum atomic E-state index is 13.1. The summed E-state index contributed by atoms with van der Waals surface area (Å²) in [6, 6.07) is 6.18. The quantitative estimate of drug-likeness (QED) is 0.877. The molecule has 1 atom stereocenters. The van der Waals surface area contributed by atoms with Crippen molar-refractivity contribution >= 4 is 17.4 Å². The highest BCUT2D eigenvalue weighted by molar-refractivity contribution is 7.15. The van der Waals surface area contributed by atoms with E-state index in [4.69, 9.17) is 9.82 Å². The van der Waals surface area contributed by atoms with Gasteiger partial charge in [0, 0.05) is 5.56 Å². The number of amides is 2. The first-order chi connectivity index (χ1) is 12.2. The molecule has 0 saturated carbocycles. The van der Waals surface area contributed by atoms with Crippen molar-refractivity contribution in [1.29, 1.82) is 0 Å². The number of urea groups is 1. The van der Waals surface area contributed by atoms with Gasteiger partial charge in [0.2, 0.25) is 0 Å². The van der Waals surface area contributed by atoms with Crippen LogP contribution in [0.2, 0.25) is 0 Å². The lowest BCUT2D eigenvalue weighted by Gasteiger charge is -2.29. The van der Waals surface area contributed by atoms with E-state index >= 15 is 0 Å². The number of hydrogen-bond donors (Lipinski definition) is 1. The maximum absolute atomic E-state index is 13.1. The van der Waals surface area contributed by atoms with Crippen LogP contribution in [0.1, 0.15) is 42.3 Å². The number of carbonyl (C=O) groups is 1. The number of aromatic nitrogens is 1. The van der Waals surface area contributed by atoms with Gasteiger partial charge in [-0.1, -0.05) is 0 Å². The van der Waals surface area contributed by atoms with Crippen LogP contribution in [0, 0.1) is 5.82 Å². The zero-order chi connectivity index (χ0) is 17.2. The summed E-state index contributed by atoms with van der Waals surface area (Å²) in [7, 11) is 0. The Balaban J connectivity index is 1.53. The van der Waals surface area contributed by atoms with Gasteiger partial charge >= 0.3 is 6.03 Å². The molecule has 5 nitrogen and oxygen atoms in total. The van der Waals surface area contributed by atoms with Crippen LogP contribution >= 0.6 is 11.3 Å². The first kappa shape index (κ1) is 16.5. The third kappa shape index (κ3) is 3.52. The molecule has 4 rings (SSSR count). The van der Waals surface area contributed by atoms with Gasteiger partial charge in [0.1, 0.15) is 10.8 Å². The average Bonchev–Trinajstić information content (AvgIpc) is 3.08. The summed E-state index contributed by atoms with van der Waals surface area (Å²) in [5.41, 5.74) is 1.95. The van der Waals surface area contributed by atoms with Gasteiger partial charge in [-0.25, -0.2) is 19.2 Å². The van der Waals surface area contributed by atoms with Crippen LogP contribution < -0.4 is 5.32 Å². The zero-order valence-corrected chi connectivity index (χ0v) is 14.7. The molecule has 1 N–H and O–H groups in total. The fraction of sp³-hybridized carbons (Fsp3) is 0.444. The third-order valence-electron chi connectivity index (χ3n) is 4.57. The highest BCUT2D eigenvalue weighted by atomic mass is 32.1. The molecule has 0 spiro atoms. The second kappa shape index (κ2) is 7.09. The number of thiazole rings is 1. The van der Waals surface area contributed by atoms with Gasteiger partial charge in [0.05, 0.1) is 29.8 Å². The second-order valence-electron chi connectivity index (χ2n) is 6.37. The van der Waals surface area contributed by atoms with Crippen molar-refractivity contribution in [3.8, 4) is 10.6 Å². The van der Waals surface area contributed by atoms with Crippen LogP contribution in [-0.2, 0) is 11.3 Å². The van der Waals surface area contributed by atoms with E-state index in [-0.39, 0.29) is 17.9 Å². The molecule has 2 aliphatic rings. The van der Waals surface area contributed by atoms with Crippen molar-refractivity contribution in [2.24, 2.45) is 0 Å². The molecular weight excluding hydrogens is 341 g/mol. The molecule has 1 aliphatic heterocycles. The Bertz CT molecular complexity index is 756. The van der Waals surface area contributed by atoms with Gasteiger partial charge in [-0.15, -0.1) is 11.3 Å². The summed E-state index contributed by atoms with van der Waals surface area (Å²) in [5, 5.41) is 5.40. The molecule has 1 aromatic carbocycles. The summed E-state index contributed by atoms with van der Waals surface area (Å²) in [4.78, 5) is 23.7. The lowest BCUT2D eigenvalue weighted by Crippen LogP contribution is -2.44. The maximum Gasteiger partial charge on any atom is 0.341 e. The lowest BCUT2D eigenvalue weighted by atomic mass is 9.98. The molecule has 1 aliphatic carbocycles. The molecule has 2 aromatic rings. The minimum Gasteiger partial charge on any atom is -0.329 e. The van der Waals surface area contributed by atoms with Crippen LogP contribution in [0.3, 0.4) is 0 Å². The minimum atomic E-state index is -0.253. The lowest BCUT2D eigenvalue weighted by molar-refractivity contribution is -0.140. The fourth-order valence-electron chi connectivity index (χ4n) is 3.25. The molecule has 2 amide bonds. The van der Waals surface area contributed by atoms with Crippen LogP contribution in [-0.4, -0.2) is 29.2 Å². The Morgan fingerprint density at radius 2 is 2.12 bits per heavy atom. The molecule has 7 heteroatoms. The molecule has 25 heavy (non-hydrogen) atoms. The van der Waals surface area contributed by atoms with Gasteiger partial charge in [0.25, 0.3) is 0 Å². The number of carbonyl (C=O) groups excluding carboxylic acids is 1. The summed E-state index contributed by atoms with van der Waals surface area (Å²) < 4.78 is 13.1. The number of hydrogen-bond acceptors (Lipinski definition) is 4. The van der Waals surface area contributed by atoms with E-state index in [1.807, 2.05) is 0 Å². The predicted molar refractivity (Wildman–Crippen MR) is 93.6 cm³/mol. The van der Waals surface area contributed by atoms with Crippen LogP contribution in [0.4, 0.5) is 9.18 Å². The molecule has 1 aromatic heterocycles. The van der Waals surface area contributed by atoms with E-state index < -0.39 is 0 Å². The summed E-state index contributed by atoms with van der Waals surface area (Å²) >= 11 is 1.58. The van der Waals surface area contributed by atoms with Gasteiger partial charge in [-0.05, 0) is 56.4 Å². The number of hydroxylamine groups is 2. The van der Waals surface area contributed by atoms with Crippen LogP contribution in [0.5, 0.6) is 0 Å². The Hall–Kier alpha value is -1.99. The monoisotopic (exact) mass is 361 g/mol. The SMILES string of the molecule is O=C(NC1CCCc2nc(-c3ccc(F)cc3)sc21)N1CCCCO1. The number of nitrogens with zero attached hydrogens (tertiary/aromatic N) is 2. The van der Waals surface area contributed by atoms with Crippen molar-refractivity contribution in [3.63, 3.8) is 0 Å². The topological polar surface area (TPSA) is 54.5 Å². The largest absolute Gasteiger partial charge is 0.341 e. The van der Waals surface area contributed by atoms with Crippen LogP contribution in [0.25, 0.3) is 10.6 Å². The minimum absolute atomic E-state index is 0.0338. The van der Waals surface area contributed by atoms with Gasteiger partial charge in [0.15, 0.2) is 0 Å². The standard InChI is InChI=1S/C18H20FN3O2S/c19-13-8-6-12(7-9-13)17-20-14-4-3-5-15(16(14)25-17)21-18(23)22-10-1-2-11-24-22/h6-9,15H,1-5,10-11H2,(H,21,23). The molecule has 1 saturated heterocycles. The third-order valence-corrected chi connectivity index (χ3v) is 5.83. The van der Waals surface area contributed by atoms with E-state index in [1.54, 1.807) is 23.5 Å². The van der Waals surface area contributed by atoms with E-state index in [1.165, 1.54) is 17.2 Å². The first-order valence-corrected chi connectivity index (χ1v) is 9.49. The number of benzene rings is 1. The molecule has 2 heterocycles. The Morgan fingerprint density at radius 3 is 2.88 bits per heavy atom. The van der Waals surface area contributed by atoms with Gasteiger partial charge in [-0.3, -0.25) is 4.84 Å². The molecule has 1 unspecified atom stereocenters. The molecule has 0 bridgehead atoms. The number of nitrogens with one attached hydrogen (secondary N) is 1. The second-order valence-corrected chi connectivity index (χ2v) is 7.40. The van der Waals surface area contributed by atoms with Crippen molar-refractivity contribution in [2.45, 2.75) is 38.1 Å². The molecular formula is C18H20FN3O2S. The van der Waals surface area contributed by atoms with E-state index in [0.29, 0.717) is 13.2 Å². The van der Waals surface area contributed by atoms with Gasteiger partial charge < -0.3 is 5.32 Å². The predicted octanol–water partition coefficient (Wildman–Crippen LogP) is 4.06. The highest BCUT2D eigenvalue weighted by Crippen LogP contribution is 2.38.